The second kappa shape index (κ2) is 6.00. The maximum absolute atomic E-state index is 12.7. The van der Waals surface area contributed by atoms with Crippen LogP contribution in [0.15, 0.2) is 46.9 Å². The summed E-state index contributed by atoms with van der Waals surface area (Å²) in [5.41, 5.74) is 1.62. The Kier molecular flexibility index (Phi) is 4.22. The zero-order valence-electron chi connectivity index (χ0n) is 11.8. The Hall–Kier alpha value is -1.41. The first-order valence-electron chi connectivity index (χ1n) is 6.69. The van der Waals surface area contributed by atoms with Crippen LogP contribution in [0.4, 0.5) is 0 Å². The van der Waals surface area contributed by atoms with E-state index in [0.717, 1.165) is 22.7 Å². The lowest BCUT2D eigenvalue weighted by molar-refractivity contribution is 0.419. The van der Waals surface area contributed by atoms with Gasteiger partial charge in [-0.1, -0.05) is 24.6 Å². The third kappa shape index (κ3) is 2.77. The molecule has 0 spiro atoms. The van der Waals surface area contributed by atoms with E-state index in [9.17, 15) is 8.42 Å². The van der Waals surface area contributed by atoms with Crippen LogP contribution < -0.4 is 0 Å². The van der Waals surface area contributed by atoms with Crippen molar-refractivity contribution in [1.29, 1.82) is 0 Å². The summed E-state index contributed by atoms with van der Waals surface area (Å²) >= 11 is 6.92. The number of halogens is 1. The van der Waals surface area contributed by atoms with Gasteiger partial charge in [-0.05, 0) is 24.3 Å². The third-order valence-corrected chi connectivity index (χ3v) is 6.95. The minimum absolute atomic E-state index is 0.258. The fourth-order valence-electron chi connectivity index (χ4n) is 2.21. The molecule has 0 aliphatic carbocycles. The monoisotopic (exact) mass is 355 g/mol. The van der Waals surface area contributed by atoms with Crippen molar-refractivity contribution in [3.8, 4) is 0 Å². The highest BCUT2D eigenvalue weighted by Crippen LogP contribution is 2.28. The molecule has 0 aliphatic rings. The Morgan fingerprint density at radius 3 is 2.82 bits per heavy atom. The van der Waals surface area contributed by atoms with Crippen LogP contribution in [-0.4, -0.2) is 28.7 Å². The minimum Gasteiger partial charge on any atom is -0.303 e. The van der Waals surface area contributed by atoms with Crippen LogP contribution in [-0.2, 0) is 16.6 Å². The first kappa shape index (κ1) is 15.5. The van der Waals surface area contributed by atoms with E-state index in [-0.39, 0.29) is 10.8 Å². The van der Waals surface area contributed by atoms with Crippen LogP contribution in [0.1, 0.15) is 12.6 Å². The average Bonchev–Trinajstić information content (AvgIpc) is 3.11. The zero-order valence-corrected chi connectivity index (χ0v) is 14.2. The number of pyridine rings is 1. The molecule has 0 aromatic carbocycles. The number of nitrogens with zero attached hydrogens (tertiary/aromatic N) is 3. The van der Waals surface area contributed by atoms with Crippen LogP contribution in [0.2, 0.25) is 4.34 Å². The van der Waals surface area contributed by atoms with E-state index in [1.165, 1.54) is 4.31 Å². The van der Waals surface area contributed by atoms with Crippen LogP contribution >= 0.6 is 22.9 Å². The minimum atomic E-state index is -3.55. The molecule has 0 saturated heterocycles. The summed E-state index contributed by atoms with van der Waals surface area (Å²) in [6.07, 6.45) is 3.58. The van der Waals surface area contributed by atoms with Crippen molar-refractivity contribution >= 4 is 38.6 Å². The Labute approximate surface area is 137 Å². The fourth-order valence-corrected chi connectivity index (χ4v) is 5.27. The van der Waals surface area contributed by atoms with Crippen LogP contribution in [0.5, 0.6) is 0 Å². The number of imidazole rings is 1. The van der Waals surface area contributed by atoms with Crippen molar-refractivity contribution in [3.05, 3.63) is 52.8 Å². The summed E-state index contributed by atoms with van der Waals surface area (Å²) in [5.74, 6) is 0. The van der Waals surface area contributed by atoms with Crippen molar-refractivity contribution in [1.82, 2.24) is 13.7 Å². The van der Waals surface area contributed by atoms with E-state index in [0.29, 0.717) is 10.9 Å². The van der Waals surface area contributed by atoms with Gasteiger partial charge in [-0.25, -0.2) is 13.4 Å². The zero-order chi connectivity index (χ0) is 15.7. The predicted octanol–water partition coefficient (Wildman–Crippen LogP) is 3.26. The molecule has 0 N–H and O–H groups in total. The first-order chi connectivity index (χ1) is 10.5. The second-order valence-corrected chi connectivity index (χ2v) is 8.55. The van der Waals surface area contributed by atoms with Crippen molar-refractivity contribution in [2.45, 2.75) is 17.7 Å². The summed E-state index contributed by atoms with van der Waals surface area (Å²) in [7, 11) is -3.55. The highest BCUT2D eigenvalue weighted by molar-refractivity contribution is 7.91. The van der Waals surface area contributed by atoms with Gasteiger partial charge in [0.1, 0.15) is 9.86 Å². The van der Waals surface area contributed by atoms with Crippen molar-refractivity contribution in [3.63, 3.8) is 0 Å². The highest BCUT2D eigenvalue weighted by atomic mass is 35.5. The van der Waals surface area contributed by atoms with Gasteiger partial charge in [0.2, 0.25) is 0 Å². The Balaban J connectivity index is 1.95. The summed E-state index contributed by atoms with van der Waals surface area (Å²) in [5, 5.41) is 0. The Morgan fingerprint density at radius 2 is 2.14 bits per heavy atom. The first-order valence-corrected chi connectivity index (χ1v) is 9.32. The summed E-state index contributed by atoms with van der Waals surface area (Å²) in [4.78, 5) is 4.29. The average molecular weight is 356 g/mol. The number of thiophene rings is 1. The summed E-state index contributed by atoms with van der Waals surface area (Å²) in [6.45, 7) is 2.45. The van der Waals surface area contributed by atoms with Gasteiger partial charge < -0.3 is 4.40 Å². The molecule has 8 heteroatoms. The maximum Gasteiger partial charge on any atom is 0.252 e. The molecule has 0 radical (unpaired) electrons. The summed E-state index contributed by atoms with van der Waals surface area (Å²) in [6, 6.07) is 8.81. The largest absolute Gasteiger partial charge is 0.303 e. The van der Waals surface area contributed by atoms with Crippen LogP contribution in [0.25, 0.3) is 5.65 Å². The fraction of sp³-hybridized carbons (Fsp3) is 0.214. The molecule has 0 saturated carbocycles. The second-order valence-electron chi connectivity index (χ2n) is 4.67. The molecule has 0 fully saturated rings. The molecule has 0 unspecified atom stereocenters. The number of sulfonamides is 1. The number of aromatic nitrogens is 2. The van der Waals surface area contributed by atoms with Crippen molar-refractivity contribution < 1.29 is 8.42 Å². The van der Waals surface area contributed by atoms with Gasteiger partial charge in [0.05, 0.1) is 22.8 Å². The lowest BCUT2D eigenvalue weighted by Gasteiger charge is -2.19. The van der Waals surface area contributed by atoms with Crippen LogP contribution in [0, 0.1) is 0 Å². The van der Waals surface area contributed by atoms with E-state index in [1.54, 1.807) is 18.3 Å². The predicted molar refractivity (Wildman–Crippen MR) is 87.8 cm³/mol. The van der Waals surface area contributed by atoms with Crippen LogP contribution in [0.3, 0.4) is 0 Å². The SMILES string of the molecule is CCN(Cc1cnc2ccccn12)S(=O)(=O)c1ccc(Cl)s1. The van der Waals surface area contributed by atoms with E-state index in [2.05, 4.69) is 4.98 Å². The van der Waals surface area contributed by atoms with E-state index >= 15 is 0 Å². The molecule has 0 amide bonds. The van der Waals surface area contributed by atoms with Gasteiger partial charge in [0.15, 0.2) is 0 Å². The maximum atomic E-state index is 12.7. The quantitative estimate of drug-likeness (QED) is 0.705. The Morgan fingerprint density at radius 1 is 1.32 bits per heavy atom. The molecule has 5 nitrogen and oxygen atoms in total. The van der Waals surface area contributed by atoms with E-state index in [4.69, 9.17) is 11.6 Å². The molecular formula is C14H14ClN3O2S2. The van der Waals surface area contributed by atoms with Crippen molar-refractivity contribution in [2.24, 2.45) is 0 Å². The number of hydrogen-bond donors (Lipinski definition) is 0. The molecule has 3 rings (SSSR count). The topological polar surface area (TPSA) is 54.7 Å². The Bertz CT molecular complexity index is 902. The van der Waals surface area contributed by atoms with Gasteiger partial charge in [0.25, 0.3) is 10.0 Å². The van der Waals surface area contributed by atoms with Gasteiger partial charge in [-0.2, -0.15) is 4.31 Å². The smallest absolute Gasteiger partial charge is 0.252 e. The number of fused-ring (bicyclic) bond motifs is 1. The molecule has 0 bridgehead atoms. The van der Waals surface area contributed by atoms with E-state index in [1.807, 2.05) is 35.7 Å². The van der Waals surface area contributed by atoms with Gasteiger partial charge in [-0.15, -0.1) is 11.3 Å². The van der Waals surface area contributed by atoms with Gasteiger partial charge in [0, 0.05) is 12.7 Å². The molecule has 3 aromatic rings. The lowest BCUT2D eigenvalue weighted by atomic mass is 10.4. The highest BCUT2D eigenvalue weighted by Gasteiger charge is 2.25. The molecule has 0 atom stereocenters. The number of rotatable bonds is 5. The van der Waals surface area contributed by atoms with Gasteiger partial charge in [-0.3, -0.25) is 0 Å². The standard InChI is InChI=1S/C14H14ClN3O2S2/c1-2-17(22(19,20)14-7-6-12(15)21-14)10-11-9-16-13-5-3-4-8-18(11)13/h3-9H,2,10H2,1H3. The number of hydrogen-bond acceptors (Lipinski definition) is 4. The third-order valence-electron chi connectivity index (χ3n) is 3.33. The molecular weight excluding hydrogens is 342 g/mol. The molecule has 3 aromatic heterocycles. The molecule has 22 heavy (non-hydrogen) atoms. The normalized spacial score (nSPS) is 12.3. The molecule has 0 aliphatic heterocycles. The molecule has 116 valence electrons. The lowest BCUT2D eigenvalue weighted by Crippen LogP contribution is -2.30. The molecule has 3 heterocycles. The van der Waals surface area contributed by atoms with E-state index < -0.39 is 10.0 Å². The van der Waals surface area contributed by atoms with Gasteiger partial charge >= 0.3 is 0 Å². The van der Waals surface area contributed by atoms with Crippen molar-refractivity contribution in [2.75, 3.05) is 6.54 Å². The summed E-state index contributed by atoms with van der Waals surface area (Å²) < 4.78 is 29.4.